The van der Waals surface area contributed by atoms with E-state index in [1.165, 1.54) is 6.33 Å². The Morgan fingerprint density at radius 1 is 1.26 bits per heavy atom. The maximum atomic E-state index is 10.1. The van der Waals surface area contributed by atoms with E-state index in [1.807, 2.05) is 6.08 Å². The second-order valence-corrected chi connectivity index (χ2v) is 5.22. The van der Waals surface area contributed by atoms with Crippen molar-refractivity contribution in [1.29, 1.82) is 0 Å². The lowest BCUT2D eigenvalue weighted by Crippen LogP contribution is -2.29. The zero-order valence-electron chi connectivity index (χ0n) is 10.4. The van der Waals surface area contributed by atoms with Crippen LogP contribution >= 0.6 is 0 Å². The molecule has 1 heterocycles. The lowest BCUT2D eigenvalue weighted by atomic mass is 9.93. The van der Waals surface area contributed by atoms with Crippen molar-refractivity contribution < 1.29 is 15.3 Å². The monoisotopic (exact) mass is 263 g/mol. The molecule has 0 saturated heterocycles. The van der Waals surface area contributed by atoms with E-state index in [0.717, 1.165) is 16.8 Å². The van der Waals surface area contributed by atoms with Crippen LogP contribution in [0, 0.1) is 11.8 Å². The van der Waals surface area contributed by atoms with Crippen LogP contribution in [0.5, 0.6) is 0 Å². The first kappa shape index (κ1) is 12.5. The summed E-state index contributed by atoms with van der Waals surface area (Å²) < 4.78 is 0. The number of aromatic nitrogens is 2. The first-order chi connectivity index (χ1) is 9.13. The van der Waals surface area contributed by atoms with Crippen molar-refractivity contribution in [3.63, 3.8) is 0 Å². The quantitative estimate of drug-likeness (QED) is 0.564. The predicted molar refractivity (Wildman–Crippen MR) is 68.8 cm³/mol. The zero-order valence-corrected chi connectivity index (χ0v) is 10.4. The SMILES string of the molecule is Nc1ncnc2c1CC=C2[C@@H]1C[C@H](CO)[C@H](O)C1O. The Morgan fingerprint density at radius 2 is 2.05 bits per heavy atom. The molecule has 6 nitrogen and oxygen atoms in total. The van der Waals surface area contributed by atoms with Gasteiger partial charge in [0.2, 0.25) is 0 Å². The highest BCUT2D eigenvalue weighted by Gasteiger charge is 2.44. The molecule has 1 fully saturated rings. The van der Waals surface area contributed by atoms with Crippen molar-refractivity contribution in [2.75, 3.05) is 12.3 Å². The Kier molecular flexibility index (Phi) is 3.00. The number of nitrogen functional groups attached to an aromatic ring is 1. The Bertz CT molecular complexity index is 532. The number of hydrogen-bond donors (Lipinski definition) is 4. The van der Waals surface area contributed by atoms with Gasteiger partial charge in [0.25, 0.3) is 0 Å². The predicted octanol–water partition coefficient (Wildman–Crippen LogP) is -0.652. The molecular weight excluding hydrogens is 246 g/mol. The minimum atomic E-state index is -0.890. The molecule has 1 unspecified atom stereocenters. The lowest BCUT2D eigenvalue weighted by molar-refractivity contribution is 0.000274. The molecule has 0 bridgehead atoms. The number of aliphatic hydroxyl groups excluding tert-OH is 3. The van der Waals surface area contributed by atoms with E-state index in [2.05, 4.69) is 9.97 Å². The maximum Gasteiger partial charge on any atom is 0.130 e. The van der Waals surface area contributed by atoms with Crippen LogP contribution in [-0.4, -0.2) is 44.1 Å². The molecule has 4 atom stereocenters. The largest absolute Gasteiger partial charge is 0.396 e. The number of nitrogens with zero attached hydrogens (tertiary/aromatic N) is 2. The average Bonchev–Trinajstić information content (AvgIpc) is 2.94. The van der Waals surface area contributed by atoms with E-state index >= 15 is 0 Å². The van der Waals surface area contributed by atoms with Gasteiger partial charge in [0.1, 0.15) is 12.1 Å². The molecule has 0 radical (unpaired) electrons. The molecule has 1 aromatic rings. The highest BCUT2D eigenvalue weighted by Crippen LogP contribution is 2.43. The zero-order chi connectivity index (χ0) is 13.6. The number of nitrogens with two attached hydrogens (primary N) is 1. The normalized spacial score (nSPS) is 33.3. The van der Waals surface area contributed by atoms with Gasteiger partial charge in [0.05, 0.1) is 17.9 Å². The number of anilines is 1. The average molecular weight is 263 g/mol. The second-order valence-electron chi connectivity index (χ2n) is 5.22. The molecule has 0 spiro atoms. The van der Waals surface area contributed by atoms with Gasteiger partial charge < -0.3 is 21.1 Å². The van der Waals surface area contributed by atoms with Crippen LogP contribution < -0.4 is 5.73 Å². The van der Waals surface area contributed by atoms with Gasteiger partial charge in [-0.15, -0.1) is 0 Å². The molecular formula is C13H17N3O3. The summed E-state index contributed by atoms with van der Waals surface area (Å²) in [6.45, 7) is -0.124. The third kappa shape index (κ3) is 1.83. The molecule has 0 amide bonds. The standard InChI is InChI=1S/C13H17N3O3/c14-13-8-2-1-7(10(8)15-5-16-13)9-3-6(4-17)11(18)12(9)19/h1,5-6,9,11-12,17-19H,2-4H2,(H2,14,15,16)/t6-,9+,11+,12?/m1/s1. The van der Waals surface area contributed by atoms with Crippen LogP contribution in [0.1, 0.15) is 17.7 Å². The van der Waals surface area contributed by atoms with Gasteiger partial charge in [-0.25, -0.2) is 9.97 Å². The van der Waals surface area contributed by atoms with Crippen LogP contribution in [0.15, 0.2) is 12.4 Å². The summed E-state index contributed by atoms with van der Waals surface area (Å²) in [5.74, 6) is -0.0326. The van der Waals surface area contributed by atoms with E-state index in [0.29, 0.717) is 18.7 Å². The molecule has 1 aromatic heterocycles. The molecule has 2 aliphatic carbocycles. The summed E-state index contributed by atoms with van der Waals surface area (Å²) in [6, 6.07) is 0. The Morgan fingerprint density at radius 3 is 2.74 bits per heavy atom. The summed E-state index contributed by atoms with van der Waals surface area (Å²) in [4.78, 5) is 8.20. The molecule has 19 heavy (non-hydrogen) atoms. The summed E-state index contributed by atoms with van der Waals surface area (Å²) in [6.07, 6.45) is 2.84. The van der Waals surface area contributed by atoms with Gasteiger partial charge in [0, 0.05) is 24.0 Å². The van der Waals surface area contributed by atoms with E-state index < -0.39 is 12.2 Å². The van der Waals surface area contributed by atoms with E-state index in [4.69, 9.17) is 5.73 Å². The molecule has 6 heteroatoms. The lowest BCUT2D eigenvalue weighted by Gasteiger charge is -2.18. The third-order valence-corrected chi connectivity index (χ3v) is 4.21. The Labute approximate surface area is 110 Å². The molecule has 1 saturated carbocycles. The van der Waals surface area contributed by atoms with Crippen LogP contribution in [0.25, 0.3) is 5.57 Å². The van der Waals surface area contributed by atoms with Crippen LogP contribution in [-0.2, 0) is 6.42 Å². The summed E-state index contributed by atoms with van der Waals surface area (Å²) >= 11 is 0. The van der Waals surface area contributed by atoms with Crippen molar-refractivity contribution in [2.45, 2.75) is 25.0 Å². The number of hydrogen-bond acceptors (Lipinski definition) is 6. The van der Waals surface area contributed by atoms with Gasteiger partial charge in [0.15, 0.2) is 0 Å². The van der Waals surface area contributed by atoms with Crippen molar-refractivity contribution in [2.24, 2.45) is 11.8 Å². The van der Waals surface area contributed by atoms with Crippen molar-refractivity contribution >= 4 is 11.4 Å². The van der Waals surface area contributed by atoms with Crippen LogP contribution in [0.3, 0.4) is 0 Å². The fourth-order valence-electron chi connectivity index (χ4n) is 3.13. The van der Waals surface area contributed by atoms with Crippen molar-refractivity contribution in [3.8, 4) is 0 Å². The molecule has 3 rings (SSSR count). The van der Waals surface area contributed by atoms with Gasteiger partial charge >= 0.3 is 0 Å². The Hall–Kier alpha value is -1.50. The first-order valence-corrected chi connectivity index (χ1v) is 6.40. The number of allylic oxidation sites excluding steroid dienone is 1. The minimum Gasteiger partial charge on any atom is -0.396 e. The molecule has 0 aliphatic heterocycles. The second kappa shape index (κ2) is 4.56. The maximum absolute atomic E-state index is 10.1. The number of fused-ring (bicyclic) bond motifs is 1. The van der Waals surface area contributed by atoms with Crippen molar-refractivity contribution in [1.82, 2.24) is 9.97 Å². The van der Waals surface area contributed by atoms with Gasteiger partial charge in [-0.3, -0.25) is 0 Å². The molecule has 5 N–H and O–H groups in total. The van der Waals surface area contributed by atoms with Gasteiger partial charge in [-0.2, -0.15) is 0 Å². The van der Waals surface area contributed by atoms with E-state index in [1.54, 1.807) is 0 Å². The summed E-state index contributed by atoms with van der Waals surface area (Å²) in [5, 5.41) is 29.3. The fourth-order valence-corrected chi connectivity index (χ4v) is 3.13. The van der Waals surface area contributed by atoms with Gasteiger partial charge in [-0.05, 0) is 18.4 Å². The smallest absolute Gasteiger partial charge is 0.130 e. The number of rotatable bonds is 2. The third-order valence-electron chi connectivity index (χ3n) is 4.21. The Balaban J connectivity index is 1.92. The van der Waals surface area contributed by atoms with Gasteiger partial charge in [-0.1, -0.05) is 6.08 Å². The highest BCUT2D eigenvalue weighted by molar-refractivity contribution is 5.75. The van der Waals surface area contributed by atoms with E-state index in [9.17, 15) is 15.3 Å². The van der Waals surface area contributed by atoms with Crippen LogP contribution in [0.4, 0.5) is 5.82 Å². The number of aliphatic hydroxyl groups is 3. The highest BCUT2D eigenvalue weighted by atomic mass is 16.3. The van der Waals surface area contributed by atoms with Crippen LogP contribution in [0.2, 0.25) is 0 Å². The molecule has 102 valence electrons. The topological polar surface area (TPSA) is 112 Å². The summed E-state index contributed by atoms with van der Waals surface area (Å²) in [7, 11) is 0. The molecule has 0 aromatic carbocycles. The van der Waals surface area contributed by atoms with E-state index in [-0.39, 0.29) is 18.4 Å². The van der Waals surface area contributed by atoms with Crippen molar-refractivity contribution in [3.05, 3.63) is 23.7 Å². The summed E-state index contributed by atoms with van der Waals surface area (Å²) in [5.41, 5.74) is 8.37. The fraction of sp³-hybridized carbons (Fsp3) is 0.538. The molecule has 2 aliphatic rings. The minimum absolute atomic E-state index is 0.124. The first-order valence-electron chi connectivity index (χ1n) is 6.40.